The lowest BCUT2D eigenvalue weighted by Crippen LogP contribution is -2.27. The lowest BCUT2D eigenvalue weighted by Gasteiger charge is -2.25. The predicted molar refractivity (Wildman–Crippen MR) is 77.8 cm³/mol. The van der Waals surface area contributed by atoms with Crippen LogP contribution in [0.3, 0.4) is 0 Å². The summed E-state index contributed by atoms with van der Waals surface area (Å²) < 4.78 is 0. The number of carboxylic acids is 1. The van der Waals surface area contributed by atoms with Crippen molar-refractivity contribution in [3.05, 3.63) is 22.3 Å². The van der Waals surface area contributed by atoms with Crippen LogP contribution in [-0.4, -0.2) is 33.3 Å². The quantitative estimate of drug-likeness (QED) is 0.733. The topological polar surface area (TPSA) is 91.7 Å². The minimum atomic E-state index is -1.17. The van der Waals surface area contributed by atoms with E-state index >= 15 is 0 Å². The van der Waals surface area contributed by atoms with E-state index < -0.39 is 11.6 Å². The normalized spacial score (nSPS) is 19.1. The molecular weight excluding hydrogens is 272 g/mol. The zero-order chi connectivity index (χ0) is 16.4. The average Bonchev–Trinajstić information content (AvgIpc) is 2.41. The molecule has 0 unspecified atom stereocenters. The highest BCUT2D eigenvalue weighted by Crippen LogP contribution is 2.29. The monoisotopic (exact) mass is 294 g/mol. The van der Waals surface area contributed by atoms with E-state index in [9.17, 15) is 19.5 Å². The van der Waals surface area contributed by atoms with Gasteiger partial charge in [-0.3, -0.25) is 14.4 Å². The molecule has 1 rings (SSSR count). The van der Waals surface area contributed by atoms with Gasteiger partial charge in [-0.15, -0.1) is 0 Å². The number of carboxylic acid groups (broad SMARTS) is 1. The molecule has 0 saturated heterocycles. The summed E-state index contributed by atoms with van der Waals surface area (Å²) in [6, 6.07) is 0. The predicted octanol–water partition coefficient (Wildman–Crippen LogP) is 2.19. The molecule has 0 aliphatic heterocycles. The van der Waals surface area contributed by atoms with Crippen LogP contribution >= 0.6 is 0 Å². The van der Waals surface area contributed by atoms with Crippen LogP contribution in [0.25, 0.3) is 0 Å². The summed E-state index contributed by atoms with van der Waals surface area (Å²) in [4.78, 5) is 34.8. The highest BCUT2D eigenvalue weighted by Gasteiger charge is 2.30. The molecule has 1 aliphatic rings. The Hall–Kier alpha value is -1.75. The van der Waals surface area contributed by atoms with Crippen molar-refractivity contribution in [1.29, 1.82) is 0 Å². The SMILES string of the molecule is CC1=C(C)C(=O)C(CC[C@@](C)(O)CCC(=O)O)=C(C)C1=O. The molecule has 5 heteroatoms. The van der Waals surface area contributed by atoms with Gasteiger partial charge in [0.1, 0.15) is 0 Å². The third kappa shape index (κ3) is 4.11. The van der Waals surface area contributed by atoms with E-state index in [0.717, 1.165) is 0 Å². The Balaban J connectivity index is 2.81. The van der Waals surface area contributed by atoms with Gasteiger partial charge >= 0.3 is 5.97 Å². The fourth-order valence-electron chi connectivity index (χ4n) is 2.35. The molecule has 5 nitrogen and oxygen atoms in total. The van der Waals surface area contributed by atoms with Crippen molar-refractivity contribution >= 4 is 17.5 Å². The van der Waals surface area contributed by atoms with E-state index in [1.165, 1.54) is 0 Å². The van der Waals surface area contributed by atoms with Gasteiger partial charge in [0.25, 0.3) is 0 Å². The van der Waals surface area contributed by atoms with Gasteiger partial charge < -0.3 is 10.2 Å². The first kappa shape index (κ1) is 17.3. The molecule has 1 aliphatic carbocycles. The van der Waals surface area contributed by atoms with Crippen molar-refractivity contribution in [2.45, 2.75) is 59.0 Å². The first-order valence-electron chi connectivity index (χ1n) is 6.97. The van der Waals surface area contributed by atoms with Gasteiger partial charge in [-0.05, 0) is 47.0 Å². The maximum absolute atomic E-state index is 12.2. The first-order valence-corrected chi connectivity index (χ1v) is 6.97. The number of rotatable bonds is 6. The zero-order valence-corrected chi connectivity index (χ0v) is 12.9. The molecule has 0 radical (unpaired) electrons. The molecule has 0 heterocycles. The summed E-state index contributed by atoms with van der Waals surface area (Å²) in [5.41, 5.74) is 0.611. The number of aliphatic hydroxyl groups is 1. The van der Waals surface area contributed by atoms with E-state index in [1.54, 1.807) is 27.7 Å². The fourth-order valence-corrected chi connectivity index (χ4v) is 2.35. The third-order valence-corrected chi connectivity index (χ3v) is 4.10. The van der Waals surface area contributed by atoms with Gasteiger partial charge in [0.05, 0.1) is 5.60 Å². The maximum Gasteiger partial charge on any atom is 0.303 e. The van der Waals surface area contributed by atoms with Crippen LogP contribution < -0.4 is 0 Å². The molecule has 0 fully saturated rings. The summed E-state index contributed by atoms with van der Waals surface area (Å²) in [6.07, 6.45) is 0.506. The van der Waals surface area contributed by atoms with Crippen molar-refractivity contribution in [2.24, 2.45) is 0 Å². The Labute approximate surface area is 124 Å². The number of carbonyl (C=O) groups is 3. The minimum Gasteiger partial charge on any atom is -0.481 e. The van der Waals surface area contributed by atoms with Crippen molar-refractivity contribution in [3.63, 3.8) is 0 Å². The van der Waals surface area contributed by atoms with Gasteiger partial charge in [0, 0.05) is 28.7 Å². The molecule has 116 valence electrons. The molecule has 21 heavy (non-hydrogen) atoms. The van der Waals surface area contributed by atoms with Crippen LogP contribution in [0, 0.1) is 0 Å². The molecule has 1 atom stereocenters. The van der Waals surface area contributed by atoms with Gasteiger partial charge in [0.15, 0.2) is 11.6 Å². The Bertz CT molecular complexity index is 549. The number of ketones is 2. The van der Waals surface area contributed by atoms with Gasteiger partial charge in [-0.25, -0.2) is 0 Å². The van der Waals surface area contributed by atoms with Gasteiger partial charge in [-0.1, -0.05) is 0 Å². The Morgan fingerprint density at radius 1 is 1.00 bits per heavy atom. The highest BCUT2D eigenvalue weighted by atomic mass is 16.4. The Morgan fingerprint density at radius 3 is 2.05 bits per heavy atom. The summed E-state index contributed by atoms with van der Waals surface area (Å²) in [7, 11) is 0. The molecule has 0 bridgehead atoms. The number of aliphatic carboxylic acids is 1. The average molecular weight is 294 g/mol. The molecule has 0 aromatic carbocycles. The number of allylic oxidation sites excluding steroid dienone is 4. The smallest absolute Gasteiger partial charge is 0.303 e. The molecule has 0 spiro atoms. The van der Waals surface area contributed by atoms with Crippen LogP contribution in [-0.2, 0) is 14.4 Å². The van der Waals surface area contributed by atoms with Crippen LogP contribution in [0.4, 0.5) is 0 Å². The van der Waals surface area contributed by atoms with E-state index in [0.29, 0.717) is 22.3 Å². The fraction of sp³-hybridized carbons (Fsp3) is 0.562. The highest BCUT2D eigenvalue weighted by molar-refractivity contribution is 6.24. The number of carbonyl (C=O) groups excluding carboxylic acids is 2. The maximum atomic E-state index is 12.2. The van der Waals surface area contributed by atoms with Crippen molar-refractivity contribution in [1.82, 2.24) is 0 Å². The zero-order valence-electron chi connectivity index (χ0n) is 12.9. The van der Waals surface area contributed by atoms with E-state index in [-0.39, 0.29) is 37.2 Å². The van der Waals surface area contributed by atoms with E-state index in [4.69, 9.17) is 5.11 Å². The number of hydrogen-bond acceptors (Lipinski definition) is 4. The second-order valence-electron chi connectivity index (χ2n) is 5.90. The van der Waals surface area contributed by atoms with Gasteiger partial charge in [0.2, 0.25) is 0 Å². The van der Waals surface area contributed by atoms with Crippen molar-refractivity contribution in [2.75, 3.05) is 0 Å². The number of hydrogen-bond donors (Lipinski definition) is 2. The molecule has 0 saturated carbocycles. The van der Waals surface area contributed by atoms with Crippen LogP contribution in [0.5, 0.6) is 0 Å². The van der Waals surface area contributed by atoms with Crippen molar-refractivity contribution in [3.8, 4) is 0 Å². The Kier molecular flexibility index (Phi) is 5.23. The summed E-state index contributed by atoms with van der Waals surface area (Å²) in [5.74, 6) is -1.25. The summed E-state index contributed by atoms with van der Waals surface area (Å²) in [6.45, 7) is 6.44. The lowest BCUT2D eigenvalue weighted by molar-refractivity contribution is -0.138. The van der Waals surface area contributed by atoms with Crippen LogP contribution in [0.1, 0.15) is 53.4 Å². The largest absolute Gasteiger partial charge is 0.481 e. The summed E-state index contributed by atoms with van der Waals surface area (Å²) in [5, 5.41) is 18.8. The standard InChI is InChI=1S/C16H22O5/c1-9-10(2)15(20)12(11(3)14(9)19)5-7-16(4,21)8-6-13(17)18/h21H,5-8H2,1-4H3,(H,17,18)/t16-/m1/s1. The van der Waals surface area contributed by atoms with Crippen LogP contribution in [0.15, 0.2) is 22.3 Å². The summed E-state index contributed by atoms with van der Waals surface area (Å²) >= 11 is 0. The molecular formula is C16H22O5. The molecule has 0 amide bonds. The minimum absolute atomic E-state index is 0.116. The second kappa shape index (κ2) is 6.35. The Morgan fingerprint density at radius 2 is 1.52 bits per heavy atom. The van der Waals surface area contributed by atoms with Gasteiger partial charge in [-0.2, -0.15) is 0 Å². The molecule has 0 aromatic heterocycles. The molecule has 2 N–H and O–H groups in total. The third-order valence-electron chi connectivity index (χ3n) is 4.10. The van der Waals surface area contributed by atoms with Crippen LogP contribution in [0.2, 0.25) is 0 Å². The first-order chi connectivity index (χ1) is 9.57. The molecule has 0 aromatic rings. The van der Waals surface area contributed by atoms with Crippen molar-refractivity contribution < 1.29 is 24.6 Å². The lowest BCUT2D eigenvalue weighted by atomic mass is 9.82. The number of Topliss-reactive ketones (excluding diaryl/α,β-unsaturated/α-hetero) is 2. The second-order valence-corrected chi connectivity index (χ2v) is 5.90. The van der Waals surface area contributed by atoms with E-state index in [2.05, 4.69) is 0 Å². The van der Waals surface area contributed by atoms with E-state index in [1.807, 2.05) is 0 Å².